The highest BCUT2D eigenvalue weighted by atomic mass is 16.4. The molecule has 1 rings (SSSR count). The summed E-state index contributed by atoms with van der Waals surface area (Å²) >= 11 is 0. The Labute approximate surface area is 104 Å². The van der Waals surface area contributed by atoms with Gasteiger partial charge in [0.2, 0.25) is 0 Å². The molecule has 0 aliphatic rings. The van der Waals surface area contributed by atoms with Crippen LogP contribution in [0.5, 0.6) is 0 Å². The van der Waals surface area contributed by atoms with Crippen LogP contribution in [-0.4, -0.2) is 39.4 Å². The first-order valence-corrected chi connectivity index (χ1v) is 5.30. The van der Waals surface area contributed by atoms with Gasteiger partial charge in [0.15, 0.2) is 12.2 Å². The number of carboxylic acid groups (broad SMARTS) is 1. The maximum absolute atomic E-state index is 11.5. The van der Waals surface area contributed by atoms with Gasteiger partial charge in [0, 0.05) is 5.69 Å². The lowest BCUT2D eigenvalue weighted by molar-refractivity contribution is -0.156. The summed E-state index contributed by atoms with van der Waals surface area (Å²) < 4.78 is 0. The van der Waals surface area contributed by atoms with Crippen molar-refractivity contribution in [2.45, 2.75) is 26.1 Å². The molecule has 18 heavy (non-hydrogen) atoms. The minimum atomic E-state index is -2.14. The summed E-state index contributed by atoms with van der Waals surface area (Å²) in [7, 11) is 0. The number of carboxylic acids is 1. The molecule has 0 spiro atoms. The van der Waals surface area contributed by atoms with Crippen LogP contribution in [-0.2, 0) is 9.59 Å². The van der Waals surface area contributed by atoms with Crippen LogP contribution in [0.25, 0.3) is 0 Å². The lowest BCUT2D eigenvalue weighted by Gasteiger charge is -2.15. The number of aliphatic hydroxyl groups is 2. The molecular formula is C12H15NO5. The summed E-state index contributed by atoms with van der Waals surface area (Å²) in [4.78, 5) is 21.9. The number of anilines is 1. The fraction of sp³-hybridized carbons (Fsp3) is 0.333. The van der Waals surface area contributed by atoms with Crippen LogP contribution in [0.15, 0.2) is 18.2 Å². The molecular weight excluding hydrogens is 238 g/mol. The molecule has 0 aromatic heterocycles. The zero-order valence-corrected chi connectivity index (χ0v) is 10.0. The van der Waals surface area contributed by atoms with Crippen molar-refractivity contribution in [1.29, 1.82) is 0 Å². The van der Waals surface area contributed by atoms with Gasteiger partial charge in [-0.2, -0.15) is 0 Å². The number of rotatable bonds is 4. The number of carbonyl (C=O) groups is 2. The van der Waals surface area contributed by atoms with E-state index in [-0.39, 0.29) is 0 Å². The number of aryl methyl sites for hydroxylation is 2. The molecule has 1 aromatic rings. The first-order valence-electron chi connectivity index (χ1n) is 5.30. The second kappa shape index (κ2) is 5.61. The largest absolute Gasteiger partial charge is 0.479 e. The fourth-order valence-corrected chi connectivity index (χ4v) is 1.44. The molecule has 0 saturated heterocycles. The van der Waals surface area contributed by atoms with E-state index in [1.54, 1.807) is 19.1 Å². The van der Waals surface area contributed by atoms with Crippen molar-refractivity contribution < 1.29 is 24.9 Å². The van der Waals surface area contributed by atoms with E-state index >= 15 is 0 Å². The van der Waals surface area contributed by atoms with Crippen molar-refractivity contribution in [2.24, 2.45) is 0 Å². The third-order valence-electron chi connectivity index (χ3n) is 2.46. The number of amides is 1. The highest BCUT2D eigenvalue weighted by Crippen LogP contribution is 2.16. The standard InChI is InChI=1S/C12H15NO5/c1-6-3-4-8(7(2)5-6)13-11(16)9(14)10(15)12(17)18/h3-5,9-10,14-15H,1-2H3,(H,13,16)(H,17,18). The highest BCUT2D eigenvalue weighted by Gasteiger charge is 2.30. The van der Waals surface area contributed by atoms with E-state index in [4.69, 9.17) is 10.2 Å². The van der Waals surface area contributed by atoms with Crippen molar-refractivity contribution in [2.75, 3.05) is 5.32 Å². The van der Waals surface area contributed by atoms with Gasteiger partial charge in [-0.1, -0.05) is 17.7 Å². The molecule has 1 aromatic carbocycles. The molecule has 6 heteroatoms. The lowest BCUT2D eigenvalue weighted by Crippen LogP contribution is -2.42. The molecule has 0 bridgehead atoms. The van der Waals surface area contributed by atoms with Crippen molar-refractivity contribution in [3.05, 3.63) is 29.3 Å². The van der Waals surface area contributed by atoms with Gasteiger partial charge in [0.05, 0.1) is 0 Å². The third kappa shape index (κ3) is 3.28. The molecule has 0 saturated carbocycles. The molecule has 0 aliphatic carbocycles. The second-order valence-electron chi connectivity index (χ2n) is 4.04. The van der Waals surface area contributed by atoms with Crippen LogP contribution in [0.3, 0.4) is 0 Å². The normalized spacial score (nSPS) is 13.8. The Morgan fingerprint density at radius 2 is 1.78 bits per heavy atom. The molecule has 6 nitrogen and oxygen atoms in total. The number of hydrogen-bond donors (Lipinski definition) is 4. The zero-order chi connectivity index (χ0) is 13.9. The summed E-state index contributed by atoms with van der Waals surface area (Å²) in [6, 6.07) is 5.24. The Morgan fingerprint density at radius 3 is 2.28 bits per heavy atom. The van der Waals surface area contributed by atoms with Crippen LogP contribution in [0.1, 0.15) is 11.1 Å². The van der Waals surface area contributed by atoms with Gasteiger partial charge in [0.1, 0.15) is 0 Å². The van der Waals surface area contributed by atoms with Crippen molar-refractivity contribution in [3.63, 3.8) is 0 Å². The van der Waals surface area contributed by atoms with Crippen LogP contribution in [0, 0.1) is 13.8 Å². The zero-order valence-electron chi connectivity index (χ0n) is 10.0. The van der Waals surface area contributed by atoms with Gasteiger partial charge < -0.3 is 20.6 Å². The van der Waals surface area contributed by atoms with Crippen molar-refractivity contribution >= 4 is 17.6 Å². The van der Waals surface area contributed by atoms with E-state index in [0.717, 1.165) is 11.1 Å². The molecule has 2 atom stereocenters. The van der Waals surface area contributed by atoms with E-state index in [0.29, 0.717) is 5.69 Å². The number of aliphatic hydroxyl groups excluding tert-OH is 2. The topological polar surface area (TPSA) is 107 Å². The highest BCUT2D eigenvalue weighted by molar-refractivity contribution is 5.97. The summed E-state index contributed by atoms with van der Waals surface area (Å²) in [6.07, 6.45) is -4.15. The predicted octanol–water partition coefficient (Wildman–Crippen LogP) is 0.0483. The average molecular weight is 253 g/mol. The predicted molar refractivity (Wildman–Crippen MR) is 64.2 cm³/mol. The Morgan fingerprint density at radius 1 is 1.17 bits per heavy atom. The molecule has 0 aliphatic heterocycles. The summed E-state index contributed by atoms with van der Waals surface area (Å²) in [5, 5.41) is 29.2. The Hall–Kier alpha value is -1.92. The molecule has 98 valence electrons. The van der Waals surface area contributed by atoms with Crippen LogP contribution in [0.4, 0.5) is 5.69 Å². The minimum Gasteiger partial charge on any atom is -0.479 e. The maximum Gasteiger partial charge on any atom is 0.335 e. The first-order chi connectivity index (χ1) is 8.32. The van der Waals surface area contributed by atoms with E-state index in [1.807, 2.05) is 13.0 Å². The lowest BCUT2D eigenvalue weighted by atomic mass is 10.1. The van der Waals surface area contributed by atoms with Gasteiger partial charge >= 0.3 is 5.97 Å². The molecule has 4 N–H and O–H groups in total. The summed E-state index contributed by atoms with van der Waals surface area (Å²) in [6.45, 7) is 3.66. The SMILES string of the molecule is Cc1ccc(NC(=O)C(O)C(O)C(=O)O)c(C)c1. The average Bonchev–Trinajstić information content (AvgIpc) is 2.30. The minimum absolute atomic E-state index is 0.460. The molecule has 0 radical (unpaired) electrons. The molecule has 0 fully saturated rings. The van der Waals surface area contributed by atoms with Gasteiger partial charge in [0.25, 0.3) is 5.91 Å². The van der Waals surface area contributed by atoms with Crippen molar-refractivity contribution in [1.82, 2.24) is 0 Å². The second-order valence-corrected chi connectivity index (χ2v) is 4.04. The first kappa shape index (κ1) is 14.1. The Balaban J connectivity index is 2.78. The smallest absolute Gasteiger partial charge is 0.335 e. The van der Waals surface area contributed by atoms with Gasteiger partial charge in [-0.25, -0.2) is 4.79 Å². The molecule has 2 unspecified atom stereocenters. The quantitative estimate of drug-likeness (QED) is 0.606. The number of carbonyl (C=O) groups excluding carboxylic acids is 1. The number of hydrogen-bond acceptors (Lipinski definition) is 4. The van der Waals surface area contributed by atoms with Crippen molar-refractivity contribution in [3.8, 4) is 0 Å². The molecule has 0 heterocycles. The van der Waals surface area contributed by atoms with Crippen LogP contribution < -0.4 is 5.32 Å². The third-order valence-corrected chi connectivity index (χ3v) is 2.46. The summed E-state index contributed by atoms with van der Waals surface area (Å²) in [5.41, 5.74) is 2.25. The van der Waals surface area contributed by atoms with E-state index in [9.17, 15) is 14.7 Å². The van der Waals surface area contributed by atoms with Gasteiger partial charge in [-0.05, 0) is 25.5 Å². The Kier molecular flexibility index (Phi) is 4.41. The summed E-state index contributed by atoms with van der Waals surface area (Å²) in [5.74, 6) is -2.62. The fourth-order valence-electron chi connectivity index (χ4n) is 1.44. The van der Waals surface area contributed by atoms with Crippen LogP contribution in [0.2, 0.25) is 0 Å². The number of benzene rings is 1. The van der Waals surface area contributed by atoms with E-state index < -0.39 is 24.1 Å². The Bertz CT molecular complexity index is 472. The number of nitrogens with one attached hydrogen (secondary N) is 1. The monoisotopic (exact) mass is 253 g/mol. The van der Waals surface area contributed by atoms with Crippen LogP contribution >= 0.6 is 0 Å². The molecule has 1 amide bonds. The maximum atomic E-state index is 11.5. The van der Waals surface area contributed by atoms with E-state index in [2.05, 4.69) is 5.32 Å². The number of aliphatic carboxylic acids is 1. The van der Waals surface area contributed by atoms with Gasteiger partial charge in [-0.15, -0.1) is 0 Å². The van der Waals surface area contributed by atoms with Gasteiger partial charge in [-0.3, -0.25) is 4.79 Å². The van der Waals surface area contributed by atoms with E-state index in [1.165, 1.54) is 0 Å².